The molecule has 0 unspecified atom stereocenters. The van der Waals surface area contributed by atoms with E-state index in [1.54, 1.807) is 5.54 Å². The van der Waals surface area contributed by atoms with Crippen LogP contribution in [0, 0.1) is 0 Å². The second kappa shape index (κ2) is 8.54. The summed E-state index contributed by atoms with van der Waals surface area (Å²) in [5, 5.41) is 3.39. The molecule has 0 rings (SSSR count). The van der Waals surface area contributed by atoms with E-state index in [0.29, 0.717) is 6.04 Å². The van der Waals surface area contributed by atoms with Crippen molar-refractivity contribution in [3.63, 3.8) is 0 Å². The lowest BCUT2D eigenvalue weighted by Gasteiger charge is -2.19. The molecule has 0 amide bonds. The maximum Gasteiger partial charge on any atom is 0.0175 e. The van der Waals surface area contributed by atoms with Gasteiger partial charge in [0.25, 0.3) is 0 Å². The highest BCUT2D eigenvalue weighted by Crippen LogP contribution is 1.89. The molecule has 0 spiro atoms. The summed E-state index contributed by atoms with van der Waals surface area (Å²) >= 11 is 5.46. The number of likely N-dealkylation sites (N-methyl/N-ethyl adjacent to an activating group) is 1. The van der Waals surface area contributed by atoms with Crippen LogP contribution in [-0.4, -0.2) is 37.1 Å². The van der Waals surface area contributed by atoms with Gasteiger partial charge in [0.1, 0.15) is 0 Å². The van der Waals surface area contributed by atoms with Gasteiger partial charge in [-0.3, -0.25) is 4.90 Å². The molecule has 3 heteroatoms. The molecule has 0 saturated carbocycles. The fraction of sp³-hybridized carbons (Fsp3) is 0.800. The van der Waals surface area contributed by atoms with E-state index < -0.39 is 0 Å². The third kappa shape index (κ3) is 8.28. The fourth-order valence-corrected chi connectivity index (χ4v) is 1.16. The lowest BCUT2D eigenvalue weighted by Crippen LogP contribution is -2.34. The zero-order chi connectivity index (χ0) is 10.1. The van der Waals surface area contributed by atoms with Crippen molar-refractivity contribution in [2.24, 2.45) is 0 Å². The minimum atomic E-state index is 0.572. The summed E-state index contributed by atoms with van der Waals surface area (Å²) in [5.74, 6) is 0. The van der Waals surface area contributed by atoms with Crippen LogP contribution in [0.4, 0.5) is 0 Å². The predicted molar refractivity (Wildman–Crippen MR) is 60.2 cm³/mol. The maximum absolute atomic E-state index is 5.46. The van der Waals surface area contributed by atoms with Gasteiger partial charge in [0.15, 0.2) is 0 Å². The lowest BCUT2D eigenvalue weighted by atomic mass is 10.4. The number of hydrogen-bond donors (Lipinski definition) is 1. The normalized spacial score (nSPS) is 12.2. The van der Waals surface area contributed by atoms with Gasteiger partial charge in [-0.05, 0) is 6.54 Å². The van der Waals surface area contributed by atoms with Crippen LogP contribution in [0.15, 0.2) is 11.6 Å². The van der Waals surface area contributed by atoms with Crippen LogP contribution in [0.1, 0.15) is 20.8 Å². The van der Waals surface area contributed by atoms with E-state index in [9.17, 15) is 0 Å². The van der Waals surface area contributed by atoms with Crippen LogP contribution in [0.25, 0.3) is 0 Å². The van der Waals surface area contributed by atoms with Crippen LogP contribution in [0.3, 0.4) is 0 Å². The Labute approximate surface area is 86.9 Å². The Morgan fingerprint density at radius 2 is 2.15 bits per heavy atom. The van der Waals surface area contributed by atoms with Crippen molar-refractivity contribution in [2.45, 2.75) is 26.8 Å². The molecule has 0 aliphatic heterocycles. The number of hydrogen-bond acceptors (Lipinski definition) is 2. The minimum absolute atomic E-state index is 0.572. The van der Waals surface area contributed by atoms with E-state index >= 15 is 0 Å². The van der Waals surface area contributed by atoms with Gasteiger partial charge < -0.3 is 5.32 Å². The highest BCUT2D eigenvalue weighted by molar-refractivity contribution is 6.25. The summed E-state index contributed by atoms with van der Waals surface area (Å²) < 4.78 is 0. The van der Waals surface area contributed by atoms with E-state index in [-0.39, 0.29) is 0 Å². The van der Waals surface area contributed by atoms with Gasteiger partial charge in [-0.25, -0.2) is 0 Å². The first kappa shape index (κ1) is 12.9. The van der Waals surface area contributed by atoms with Crippen molar-refractivity contribution < 1.29 is 0 Å². The molecule has 0 aromatic rings. The van der Waals surface area contributed by atoms with Crippen LogP contribution < -0.4 is 5.32 Å². The summed E-state index contributed by atoms with van der Waals surface area (Å²) in [6.07, 6.45) is 1.97. The van der Waals surface area contributed by atoms with Crippen LogP contribution in [0.5, 0.6) is 0 Å². The van der Waals surface area contributed by atoms with Gasteiger partial charge in [-0.1, -0.05) is 38.4 Å². The van der Waals surface area contributed by atoms with Crippen LogP contribution in [0.2, 0.25) is 0 Å². The van der Waals surface area contributed by atoms with Crippen molar-refractivity contribution in [2.75, 3.05) is 26.2 Å². The van der Waals surface area contributed by atoms with Crippen molar-refractivity contribution >= 4 is 11.6 Å². The van der Waals surface area contributed by atoms with E-state index in [4.69, 9.17) is 11.6 Å². The molecule has 0 atom stereocenters. The van der Waals surface area contributed by atoms with E-state index in [1.807, 2.05) is 6.08 Å². The highest BCUT2D eigenvalue weighted by Gasteiger charge is 1.99. The predicted octanol–water partition coefficient (Wildman–Crippen LogP) is 2.06. The quantitative estimate of drug-likeness (QED) is 0.683. The number of halogens is 1. The molecule has 0 aliphatic rings. The zero-order valence-corrected chi connectivity index (χ0v) is 9.64. The Morgan fingerprint density at radius 1 is 1.46 bits per heavy atom. The van der Waals surface area contributed by atoms with Crippen LogP contribution >= 0.6 is 11.6 Å². The summed E-state index contributed by atoms with van der Waals surface area (Å²) in [5.41, 5.74) is 1.58. The van der Waals surface area contributed by atoms with Crippen LogP contribution in [-0.2, 0) is 0 Å². The molecule has 0 bridgehead atoms. The number of rotatable bonds is 7. The lowest BCUT2D eigenvalue weighted by molar-refractivity contribution is 0.313. The highest BCUT2D eigenvalue weighted by atomic mass is 35.5. The zero-order valence-electron chi connectivity index (χ0n) is 8.89. The van der Waals surface area contributed by atoms with E-state index in [0.717, 1.165) is 26.2 Å². The standard InChI is InChI=1S/C10H21ClN2/c1-4-13(8-5-6-11)9-7-12-10(2)3/h5-6,10,12H,4,7-9H2,1-3H3/b6-5+. The topological polar surface area (TPSA) is 15.3 Å². The SMILES string of the molecule is CCN(C/C=C/Cl)CCNC(C)C. The molecule has 0 radical (unpaired) electrons. The first-order valence-electron chi connectivity index (χ1n) is 4.91. The molecule has 0 aromatic carbocycles. The Hall–Kier alpha value is -0.0500. The van der Waals surface area contributed by atoms with E-state index in [2.05, 4.69) is 31.0 Å². The summed E-state index contributed by atoms with van der Waals surface area (Å²) in [7, 11) is 0. The second-order valence-electron chi connectivity index (χ2n) is 3.36. The smallest absolute Gasteiger partial charge is 0.0175 e. The van der Waals surface area contributed by atoms with E-state index in [1.165, 1.54) is 0 Å². The Morgan fingerprint density at radius 3 is 2.62 bits per heavy atom. The molecule has 0 aliphatic carbocycles. The molecular formula is C10H21ClN2. The Balaban J connectivity index is 3.47. The van der Waals surface area contributed by atoms with Gasteiger partial charge >= 0.3 is 0 Å². The Bertz CT molecular complexity index is 135. The third-order valence-corrected chi connectivity index (χ3v) is 2.06. The maximum atomic E-state index is 5.46. The van der Waals surface area contributed by atoms with Gasteiger partial charge in [0, 0.05) is 31.2 Å². The monoisotopic (exact) mass is 204 g/mol. The minimum Gasteiger partial charge on any atom is -0.313 e. The second-order valence-corrected chi connectivity index (χ2v) is 3.62. The first-order valence-corrected chi connectivity index (χ1v) is 5.35. The van der Waals surface area contributed by atoms with Crippen molar-refractivity contribution in [1.29, 1.82) is 0 Å². The fourth-order valence-electron chi connectivity index (χ4n) is 1.08. The average molecular weight is 205 g/mol. The van der Waals surface area contributed by atoms with Crippen molar-refractivity contribution in [1.82, 2.24) is 10.2 Å². The molecule has 78 valence electrons. The number of nitrogens with zero attached hydrogens (tertiary/aromatic N) is 1. The summed E-state index contributed by atoms with van der Waals surface area (Å²) in [4.78, 5) is 2.34. The van der Waals surface area contributed by atoms with Crippen molar-refractivity contribution in [3.8, 4) is 0 Å². The molecule has 0 fully saturated rings. The molecule has 1 N–H and O–H groups in total. The number of nitrogens with one attached hydrogen (secondary N) is 1. The largest absolute Gasteiger partial charge is 0.313 e. The van der Waals surface area contributed by atoms with Gasteiger partial charge in [0.2, 0.25) is 0 Å². The molecule has 0 saturated heterocycles. The van der Waals surface area contributed by atoms with Gasteiger partial charge in [-0.2, -0.15) is 0 Å². The molecule has 2 nitrogen and oxygen atoms in total. The summed E-state index contributed by atoms with van der Waals surface area (Å²) in [6.45, 7) is 10.6. The first-order chi connectivity index (χ1) is 6.20. The van der Waals surface area contributed by atoms with Gasteiger partial charge in [0.05, 0.1) is 0 Å². The van der Waals surface area contributed by atoms with Crippen molar-refractivity contribution in [3.05, 3.63) is 11.6 Å². The summed E-state index contributed by atoms with van der Waals surface area (Å²) in [6, 6.07) is 0.572. The third-order valence-electron chi connectivity index (χ3n) is 1.88. The molecule has 13 heavy (non-hydrogen) atoms. The molecule has 0 aromatic heterocycles. The van der Waals surface area contributed by atoms with Gasteiger partial charge in [-0.15, -0.1) is 0 Å². The Kier molecular flexibility index (Phi) is 8.51. The molecule has 0 heterocycles. The molecular weight excluding hydrogens is 184 g/mol. The average Bonchev–Trinajstić information content (AvgIpc) is 2.10.